The number of hydrogen-bond acceptors (Lipinski definition) is 2. The molecule has 0 spiro atoms. The van der Waals surface area contributed by atoms with Crippen molar-refractivity contribution in [3.05, 3.63) is 0 Å². The molecule has 2 nitrogen and oxygen atoms in total. The summed E-state index contributed by atoms with van der Waals surface area (Å²) in [5.41, 5.74) is 0.368. The Morgan fingerprint density at radius 2 is 1.90 bits per heavy atom. The minimum absolute atomic E-state index is 0.368. The van der Waals surface area contributed by atoms with Crippen LogP contribution in [0.15, 0.2) is 0 Å². The molecule has 2 heteroatoms. The molecule has 0 aromatic carbocycles. The van der Waals surface area contributed by atoms with Crippen LogP contribution < -0.4 is 5.32 Å². The zero-order valence-electron chi connectivity index (χ0n) is 15.0. The van der Waals surface area contributed by atoms with Gasteiger partial charge >= 0.3 is 0 Å². The lowest BCUT2D eigenvalue weighted by Gasteiger charge is -2.51. The van der Waals surface area contributed by atoms with Gasteiger partial charge in [-0.25, -0.2) is 0 Å². The van der Waals surface area contributed by atoms with Crippen molar-refractivity contribution in [2.45, 2.75) is 90.6 Å². The van der Waals surface area contributed by atoms with Crippen LogP contribution in [0.4, 0.5) is 0 Å². The third kappa shape index (κ3) is 4.45. The minimum atomic E-state index is 0.368. The molecule has 3 atom stereocenters. The van der Waals surface area contributed by atoms with Crippen molar-refractivity contribution in [2.24, 2.45) is 11.8 Å². The van der Waals surface area contributed by atoms with E-state index in [0.717, 1.165) is 17.9 Å². The van der Waals surface area contributed by atoms with Gasteiger partial charge in [0.2, 0.25) is 0 Å². The van der Waals surface area contributed by atoms with Crippen molar-refractivity contribution in [3.8, 4) is 0 Å². The summed E-state index contributed by atoms with van der Waals surface area (Å²) in [4.78, 5) is 2.84. The number of nitrogens with one attached hydrogen (secondary N) is 1. The topological polar surface area (TPSA) is 15.3 Å². The molecule has 0 aromatic heterocycles. The first-order chi connectivity index (χ1) is 10.1. The highest BCUT2D eigenvalue weighted by Gasteiger charge is 2.39. The van der Waals surface area contributed by atoms with Gasteiger partial charge in [-0.1, -0.05) is 46.5 Å². The Hall–Kier alpha value is -0.0800. The zero-order chi connectivity index (χ0) is 15.3. The highest BCUT2D eigenvalue weighted by atomic mass is 15.3. The summed E-state index contributed by atoms with van der Waals surface area (Å²) in [5.74, 6) is 1.77. The molecule has 0 bridgehead atoms. The number of piperazine rings is 1. The van der Waals surface area contributed by atoms with Gasteiger partial charge in [0.15, 0.2) is 0 Å². The first-order valence-electron chi connectivity index (χ1n) is 9.57. The smallest absolute Gasteiger partial charge is 0.0304 e. The first kappa shape index (κ1) is 17.3. The summed E-state index contributed by atoms with van der Waals surface area (Å²) in [6.07, 6.45) is 11.3. The monoisotopic (exact) mass is 294 g/mol. The summed E-state index contributed by atoms with van der Waals surface area (Å²) in [6.45, 7) is 13.3. The van der Waals surface area contributed by atoms with Gasteiger partial charge in [-0.3, -0.25) is 4.90 Å². The van der Waals surface area contributed by atoms with Crippen molar-refractivity contribution in [1.29, 1.82) is 0 Å². The van der Waals surface area contributed by atoms with Gasteiger partial charge in [-0.15, -0.1) is 0 Å². The molecule has 0 radical (unpaired) electrons. The van der Waals surface area contributed by atoms with E-state index in [4.69, 9.17) is 0 Å². The highest BCUT2D eigenvalue weighted by Crippen LogP contribution is 2.32. The van der Waals surface area contributed by atoms with E-state index in [-0.39, 0.29) is 0 Å². The third-order valence-corrected chi connectivity index (χ3v) is 6.22. The van der Waals surface area contributed by atoms with Crippen molar-refractivity contribution >= 4 is 0 Å². The number of nitrogens with zero attached hydrogens (tertiary/aromatic N) is 1. The van der Waals surface area contributed by atoms with E-state index in [1.807, 2.05) is 0 Å². The largest absolute Gasteiger partial charge is 0.311 e. The Balaban J connectivity index is 1.97. The lowest BCUT2D eigenvalue weighted by Crippen LogP contribution is -2.65. The van der Waals surface area contributed by atoms with Gasteiger partial charge < -0.3 is 5.32 Å². The summed E-state index contributed by atoms with van der Waals surface area (Å²) in [7, 11) is 0. The van der Waals surface area contributed by atoms with Crippen molar-refractivity contribution in [1.82, 2.24) is 10.2 Å². The summed E-state index contributed by atoms with van der Waals surface area (Å²) in [6, 6.07) is 0.749. The predicted octanol–water partition coefficient (Wildman–Crippen LogP) is 4.45. The van der Waals surface area contributed by atoms with Crippen LogP contribution in [0.25, 0.3) is 0 Å². The molecule has 2 rings (SSSR count). The molecule has 1 saturated heterocycles. The van der Waals surface area contributed by atoms with Crippen LogP contribution in [-0.4, -0.2) is 36.1 Å². The summed E-state index contributed by atoms with van der Waals surface area (Å²) < 4.78 is 0. The fraction of sp³-hybridized carbons (Fsp3) is 1.00. The van der Waals surface area contributed by atoms with Crippen molar-refractivity contribution in [2.75, 3.05) is 19.6 Å². The molecule has 3 unspecified atom stereocenters. The predicted molar refractivity (Wildman–Crippen MR) is 92.7 cm³/mol. The quantitative estimate of drug-likeness (QED) is 0.779. The molecule has 1 aliphatic heterocycles. The fourth-order valence-corrected chi connectivity index (χ4v) is 4.44. The van der Waals surface area contributed by atoms with E-state index in [1.54, 1.807) is 0 Å². The van der Waals surface area contributed by atoms with E-state index >= 15 is 0 Å². The van der Waals surface area contributed by atoms with Crippen LogP contribution >= 0.6 is 0 Å². The Labute approximate surface area is 133 Å². The maximum absolute atomic E-state index is 3.92. The highest BCUT2D eigenvalue weighted by molar-refractivity contribution is 4.97. The van der Waals surface area contributed by atoms with Crippen LogP contribution in [-0.2, 0) is 0 Å². The van der Waals surface area contributed by atoms with Gasteiger partial charge in [-0.2, -0.15) is 0 Å². The van der Waals surface area contributed by atoms with Crippen LogP contribution in [0, 0.1) is 11.8 Å². The van der Waals surface area contributed by atoms with Crippen LogP contribution in [0.5, 0.6) is 0 Å². The van der Waals surface area contributed by atoms with Crippen LogP contribution in [0.2, 0.25) is 0 Å². The molecule has 0 amide bonds. The number of rotatable bonds is 6. The molecule has 1 saturated carbocycles. The van der Waals surface area contributed by atoms with Gasteiger partial charge in [0.1, 0.15) is 0 Å². The first-order valence-corrected chi connectivity index (χ1v) is 9.57. The molecular formula is C19H38N2. The average Bonchev–Trinajstić information content (AvgIpc) is 2.50. The number of hydrogen-bond donors (Lipinski definition) is 1. The minimum Gasteiger partial charge on any atom is -0.311 e. The molecular weight excluding hydrogens is 256 g/mol. The normalized spacial score (nSPS) is 34.0. The Kier molecular flexibility index (Phi) is 6.55. The van der Waals surface area contributed by atoms with Gasteiger partial charge in [0, 0.05) is 31.2 Å². The fourth-order valence-electron chi connectivity index (χ4n) is 4.44. The molecule has 1 N–H and O–H groups in total. The van der Waals surface area contributed by atoms with Crippen LogP contribution in [0.3, 0.4) is 0 Å². The second-order valence-corrected chi connectivity index (χ2v) is 8.03. The molecule has 124 valence electrons. The Morgan fingerprint density at radius 3 is 2.52 bits per heavy atom. The second kappa shape index (κ2) is 7.97. The van der Waals surface area contributed by atoms with Gasteiger partial charge in [0.25, 0.3) is 0 Å². The standard InChI is InChI=1S/C19H38N2/c1-5-10-16(3)13-21-14-18(17-11-8-7-9-12-17)20-15-19(21,4)6-2/h16-18,20H,5-15H2,1-4H3. The maximum atomic E-state index is 3.92. The average molecular weight is 295 g/mol. The van der Waals surface area contributed by atoms with E-state index < -0.39 is 0 Å². The molecule has 2 fully saturated rings. The molecule has 2 aliphatic rings. The van der Waals surface area contributed by atoms with E-state index in [0.29, 0.717) is 5.54 Å². The summed E-state index contributed by atoms with van der Waals surface area (Å²) >= 11 is 0. The lowest BCUT2D eigenvalue weighted by atomic mass is 9.80. The van der Waals surface area contributed by atoms with Crippen molar-refractivity contribution < 1.29 is 0 Å². The van der Waals surface area contributed by atoms with Crippen LogP contribution in [0.1, 0.15) is 79.1 Å². The molecule has 0 aromatic rings. The molecule has 1 heterocycles. The van der Waals surface area contributed by atoms with Gasteiger partial charge in [0.05, 0.1) is 0 Å². The van der Waals surface area contributed by atoms with Crippen molar-refractivity contribution in [3.63, 3.8) is 0 Å². The molecule has 21 heavy (non-hydrogen) atoms. The second-order valence-electron chi connectivity index (χ2n) is 8.03. The van der Waals surface area contributed by atoms with E-state index in [1.165, 1.54) is 71.0 Å². The Morgan fingerprint density at radius 1 is 1.19 bits per heavy atom. The SMILES string of the molecule is CCCC(C)CN1CC(C2CCCCC2)NCC1(C)CC. The lowest BCUT2D eigenvalue weighted by molar-refractivity contribution is 0.0184. The third-order valence-electron chi connectivity index (χ3n) is 6.22. The van der Waals surface area contributed by atoms with Gasteiger partial charge in [-0.05, 0) is 44.4 Å². The van der Waals surface area contributed by atoms with E-state index in [9.17, 15) is 0 Å². The zero-order valence-corrected chi connectivity index (χ0v) is 15.0. The maximum Gasteiger partial charge on any atom is 0.0304 e. The summed E-state index contributed by atoms with van der Waals surface area (Å²) in [5, 5.41) is 3.92. The Bertz CT molecular complexity index is 298. The van der Waals surface area contributed by atoms with E-state index in [2.05, 4.69) is 37.9 Å². The molecule has 1 aliphatic carbocycles.